The van der Waals surface area contributed by atoms with E-state index in [0.717, 1.165) is 60.1 Å². The lowest BCUT2D eigenvalue weighted by Crippen LogP contribution is -2.43. The molecule has 0 radical (unpaired) electrons. The van der Waals surface area contributed by atoms with E-state index >= 15 is 0 Å². The molecule has 1 saturated carbocycles. The molecule has 1 saturated heterocycles. The molecule has 0 amide bonds. The van der Waals surface area contributed by atoms with Gasteiger partial charge in [-0.1, -0.05) is 39.2 Å². The maximum atomic E-state index is 13.3. The Kier molecular flexibility index (Phi) is 7.53. The average Bonchev–Trinajstić information content (AvgIpc) is 3.52. The van der Waals surface area contributed by atoms with Crippen LogP contribution in [-0.2, 0) is 17.8 Å². The van der Waals surface area contributed by atoms with Crippen molar-refractivity contribution in [1.29, 1.82) is 0 Å². The third-order valence-electron chi connectivity index (χ3n) is 8.00. The fourth-order valence-electron chi connectivity index (χ4n) is 6.26. The first-order valence-corrected chi connectivity index (χ1v) is 13.7. The number of aryl methyl sites for hydroxylation is 2. The molecule has 8 heteroatoms. The summed E-state index contributed by atoms with van der Waals surface area (Å²) in [6, 6.07) is 6.75. The summed E-state index contributed by atoms with van der Waals surface area (Å²) in [5.74, 6) is 1.17. The van der Waals surface area contributed by atoms with Gasteiger partial charge >= 0.3 is 0 Å². The van der Waals surface area contributed by atoms with Crippen LogP contribution in [0, 0.1) is 19.8 Å². The van der Waals surface area contributed by atoms with Crippen LogP contribution in [0.2, 0.25) is 0 Å². The summed E-state index contributed by atoms with van der Waals surface area (Å²) in [5, 5.41) is 14.1. The van der Waals surface area contributed by atoms with E-state index in [9.17, 15) is 4.79 Å². The van der Waals surface area contributed by atoms with Crippen LogP contribution >= 0.6 is 0 Å². The fourth-order valence-corrected chi connectivity index (χ4v) is 6.26. The van der Waals surface area contributed by atoms with E-state index in [0.29, 0.717) is 19.1 Å². The Morgan fingerprint density at radius 1 is 1.11 bits per heavy atom. The highest BCUT2D eigenvalue weighted by molar-refractivity contribution is 5.83. The molecule has 3 aromatic rings. The predicted octanol–water partition coefficient (Wildman–Crippen LogP) is 4.84. The Bertz CT molecular complexity index is 1240. The van der Waals surface area contributed by atoms with Crippen LogP contribution in [0.15, 0.2) is 23.0 Å². The van der Waals surface area contributed by atoms with Crippen LogP contribution in [0.5, 0.6) is 0 Å². The van der Waals surface area contributed by atoms with Gasteiger partial charge in [0.2, 0.25) is 0 Å². The molecule has 8 nitrogen and oxygen atoms in total. The van der Waals surface area contributed by atoms with Crippen molar-refractivity contribution in [3.05, 3.63) is 51.1 Å². The number of benzene rings is 1. The first-order chi connectivity index (χ1) is 17.4. The molecule has 2 aromatic heterocycles. The van der Waals surface area contributed by atoms with E-state index in [4.69, 9.17) is 4.74 Å². The lowest BCUT2D eigenvalue weighted by atomic mass is 9.90. The van der Waals surface area contributed by atoms with E-state index in [-0.39, 0.29) is 23.6 Å². The largest absolute Gasteiger partial charge is 0.376 e. The third-order valence-corrected chi connectivity index (χ3v) is 8.00. The number of H-pyrrole nitrogens is 1. The highest BCUT2D eigenvalue weighted by atomic mass is 16.5. The van der Waals surface area contributed by atoms with Crippen molar-refractivity contribution in [2.75, 3.05) is 6.61 Å². The number of nitrogens with zero attached hydrogens (tertiary/aromatic N) is 5. The monoisotopic (exact) mass is 492 g/mol. The quantitative estimate of drug-likeness (QED) is 0.484. The second kappa shape index (κ2) is 10.8. The number of aromatic amines is 1. The van der Waals surface area contributed by atoms with Gasteiger partial charge in [0.15, 0.2) is 5.82 Å². The van der Waals surface area contributed by atoms with Crippen LogP contribution < -0.4 is 5.56 Å². The molecule has 1 aliphatic heterocycles. The van der Waals surface area contributed by atoms with Crippen molar-refractivity contribution in [1.82, 2.24) is 30.1 Å². The van der Waals surface area contributed by atoms with Crippen LogP contribution in [0.4, 0.5) is 0 Å². The Morgan fingerprint density at radius 2 is 1.92 bits per heavy atom. The van der Waals surface area contributed by atoms with Crippen LogP contribution in [0.1, 0.15) is 87.3 Å². The van der Waals surface area contributed by atoms with E-state index in [2.05, 4.69) is 71.3 Å². The zero-order chi connectivity index (χ0) is 25.2. The molecule has 3 heterocycles. The first kappa shape index (κ1) is 25.1. The normalized spacial score (nSPS) is 20.1. The SMILES string of the molecule is Cc1cc(C)c2cc(CN(C3CCCCC3)C(c3nnnn3CC3CCCO3)C(C)C)c(=O)[nH]c2c1. The van der Waals surface area contributed by atoms with Crippen molar-refractivity contribution in [3.8, 4) is 0 Å². The number of fused-ring (bicyclic) bond motifs is 1. The van der Waals surface area contributed by atoms with Gasteiger partial charge in [-0.3, -0.25) is 9.69 Å². The summed E-state index contributed by atoms with van der Waals surface area (Å²) in [7, 11) is 0. The summed E-state index contributed by atoms with van der Waals surface area (Å²) in [5.41, 5.74) is 4.06. The molecular weight excluding hydrogens is 452 g/mol. The molecule has 1 aromatic carbocycles. The molecule has 2 fully saturated rings. The number of ether oxygens (including phenoxy) is 1. The first-order valence-electron chi connectivity index (χ1n) is 13.7. The van der Waals surface area contributed by atoms with Crippen LogP contribution in [-0.4, -0.2) is 48.8 Å². The molecular formula is C28H40N6O2. The van der Waals surface area contributed by atoms with Crippen molar-refractivity contribution >= 4 is 10.9 Å². The van der Waals surface area contributed by atoms with Crippen molar-refractivity contribution in [2.45, 2.75) is 104 Å². The molecule has 1 N–H and O–H groups in total. The van der Waals surface area contributed by atoms with E-state index in [1.54, 1.807) is 0 Å². The lowest BCUT2D eigenvalue weighted by molar-refractivity contribution is 0.0553. The average molecular weight is 493 g/mol. The minimum Gasteiger partial charge on any atom is -0.376 e. The second-order valence-corrected chi connectivity index (χ2v) is 11.2. The molecule has 194 valence electrons. The van der Waals surface area contributed by atoms with Crippen molar-refractivity contribution in [3.63, 3.8) is 0 Å². The number of rotatable bonds is 8. The molecule has 2 unspecified atom stereocenters. The minimum atomic E-state index is -0.00485. The summed E-state index contributed by atoms with van der Waals surface area (Å²) >= 11 is 0. The number of aromatic nitrogens is 5. The van der Waals surface area contributed by atoms with E-state index in [1.807, 2.05) is 4.68 Å². The number of tetrazole rings is 1. The summed E-state index contributed by atoms with van der Waals surface area (Å²) < 4.78 is 7.85. The Hall–Kier alpha value is -2.58. The van der Waals surface area contributed by atoms with Gasteiger partial charge in [-0.2, -0.15) is 0 Å². The third kappa shape index (κ3) is 5.25. The van der Waals surface area contributed by atoms with Crippen molar-refractivity contribution < 1.29 is 4.74 Å². The zero-order valence-electron chi connectivity index (χ0n) is 22.2. The topological polar surface area (TPSA) is 88.9 Å². The predicted molar refractivity (Wildman–Crippen MR) is 141 cm³/mol. The van der Waals surface area contributed by atoms with Crippen molar-refractivity contribution in [2.24, 2.45) is 5.92 Å². The maximum Gasteiger partial charge on any atom is 0.252 e. The molecule has 0 bridgehead atoms. The number of nitrogens with one attached hydrogen (secondary N) is 1. The molecule has 5 rings (SSSR count). The van der Waals surface area contributed by atoms with Gasteiger partial charge in [0.25, 0.3) is 5.56 Å². The van der Waals surface area contributed by atoms with Gasteiger partial charge in [-0.15, -0.1) is 5.10 Å². The van der Waals surface area contributed by atoms with Gasteiger partial charge in [0, 0.05) is 35.7 Å². The highest BCUT2D eigenvalue weighted by Gasteiger charge is 2.35. The lowest BCUT2D eigenvalue weighted by Gasteiger charge is -2.41. The van der Waals surface area contributed by atoms with Crippen LogP contribution in [0.3, 0.4) is 0 Å². The van der Waals surface area contributed by atoms with Gasteiger partial charge in [-0.05, 0) is 79.1 Å². The fraction of sp³-hybridized carbons (Fsp3) is 0.643. The molecule has 0 spiro atoms. The Balaban J connectivity index is 1.53. The van der Waals surface area contributed by atoms with Crippen LogP contribution in [0.25, 0.3) is 10.9 Å². The second-order valence-electron chi connectivity index (χ2n) is 11.2. The highest BCUT2D eigenvalue weighted by Crippen LogP contribution is 2.35. The smallest absolute Gasteiger partial charge is 0.252 e. The standard InChI is InChI=1S/C28H40N6O2/c1-18(2)26(27-30-31-32-34(27)17-23-11-8-12-36-23)33(22-9-6-5-7-10-22)16-21-15-24-20(4)13-19(3)14-25(24)29-28(21)35/h13-15,18,22-23,26H,5-12,16-17H2,1-4H3,(H,29,35). The summed E-state index contributed by atoms with van der Waals surface area (Å²) in [6.07, 6.45) is 8.30. The van der Waals surface area contributed by atoms with Gasteiger partial charge in [-0.25, -0.2) is 4.68 Å². The molecule has 1 aliphatic carbocycles. The maximum absolute atomic E-state index is 13.3. The molecule has 2 aliphatic rings. The number of pyridine rings is 1. The zero-order valence-corrected chi connectivity index (χ0v) is 22.2. The minimum absolute atomic E-state index is 0.00485. The Labute approximate surface area is 213 Å². The number of hydrogen-bond acceptors (Lipinski definition) is 6. The summed E-state index contributed by atoms with van der Waals surface area (Å²) in [6.45, 7) is 10.7. The summed E-state index contributed by atoms with van der Waals surface area (Å²) in [4.78, 5) is 19.0. The molecule has 2 atom stereocenters. The van der Waals surface area contributed by atoms with Gasteiger partial charge < -0.3 is 9.72 Å². The van der Waals surface area contributed by atoms with E-state index in [1.165, 1.54) is 24.8 Å². The van der Waals surface area contributed by atoms with Gasteiger partial charge in [0.05, 0.1) is 18.7 Å². The Morgan fingerprint density at radius 3 is 2.64 bits per heavy atom. The molecule has 36 heavy (non-hydrogen) atoms. The number of hydrogen-bond donors (Lipinski definition) is 1. The van der Waals surface area contributed by atoms with Gasteiger partial charge in [0.1, 0.15) is 0 Å². The van der Waals surface area contributed by atoms with E-state index < -0.39 is 0 Å².